The Kier molecular flexibility index (Phi) is 4.59. The molecule has 2 aliphatic rings. The second-order valence-corrected chi connectivity index (χ2v) is 7.05. The van der Waals surface area contributed by atoms with Gasteiger partial charge in [-0.3, -0.25) is 9.79 Å². The molecule has 2 aromatic rings. The van der Waals surface area contributed by atoms with Crippen molar-refractivity contribution in [3.8, 4) is 0 Å². The minimum absolute atomic E-state index is 0.130. The number of carbonyl (C=O) groups is 1. The number of H-pyrrole nitrogens is 1. The van der Waals surface area contributed by atoms with Crippen molar-refractivity contribution in [2.24, 2.45) is 15.9 Å². The molecule has 1 N–H and O–H groups in total. The van der Waals surface area contributed by atoms with Crippen LogP contribution in [0.25, 0.3) is 0 Å². The minimum atomic E-state index is -1.01. The van der Waals surface area contributed by atoms with Crippen molar-refractivity contribution in [1.29, 1.82) is 0 Å². The average Bonchev–Trinajstić information content (AvgIpc) is 3.32. The molecule has 0 unspecified atom stereocenters. The van der Waals surface area contributed by atoms with Gasteiger partial charge in [0.15, 0.2) is 17.5 Å². The van der Waals surface area contributed by atoms with Crippen molar-refractivity contribution in [2.45, 2.75) is 19.8 Å². The number of likely N-dealkylation sites (tertiary alicyclic amines) is 1. The predicted molar refractivity (Wildman–Crippen MR) is 99.4 cm³/mol. The molecule has 1 aromatic heterocycles. The van der Waals surface area contributed by atoms with Crippen molar-refractivity contribution < 1.29 is 13.6 Å². The first-order valence-electron chi connectivity index (χ1n) is 9.03. The van der Waals surface area contributed by atoms with Gasteiger partial charge in [-0.05, 0) is 49.6 Å². The molecule has 140 valence electrons. The lowest BCUT2D eigenvalue weighted by Gasteiger charge is -2.32. The summed E-state index contributed by atoms with van der Waals surface area (Å²) in [4.78, 5) is 26.7. The summed E-state index contributed by atoms with van der Waals surface area (Å²) in [5.41, 5.74) is 3.16. The third-order valence-corrected chi connectivity index (χ3v) is 5.05. The number of nitrogens with zero attached hydrogens (tertiary/aromatic N) is 3. The summed E-state index contributed by atoms with van der Waals surface area (Å²) < 4.78 is 26.6. The molecule has 0 bridgehead atoms. The molecule has 5 nitrogen and oxygen atoms in total. The molecule has 0 spiro atoms. The third-order valence-electron chi connectivity index (χ3n) is 5.05. The van der Waals surface area contributed by atoms with E-state index in [2.05, 4.69) is 15.0 Å². The molecule has 2 aliphatic heterocycles. The van der Waals surface area contributed by atoms with Crippen LogP contribution < -0.4 is 0 Å². The molecule has 1 saturated heterocycles. The van der Waals surface area contributed by atoms with E-state index in [9.17, 15) is 13.6 Å². The lowest BCUT2D eigenvalue weighted by atomic mass is 9.92. The highest BCUT2D eigenvalue weighted by molar-refractivity contribution is 6.11. The maximum Gasteiger partial charge on any atom is 0.253 e. The zero-order chi connectivity index (χ0) is 19.0. The monoisotopic (exact) mass is 370 g/mol. The number of nitrogens with one attached hydrogen (secondary N) is 1. The van der Waals surface area contributed by atoms with Crippen LogP contribution in [0, 0.1) is 24.5 Å². The van der Waals surface area contributed by atoms with Crippen LogP contribution in [0.4, 0.5) is 8.78 Å². The summed E-state index contributed by atoms with van der Waals surface area (Å²) in [5, 5.41) is 0. The first-order chi connectivity index (χ1) is 13.0. The van der Waals surface area contributed by atoms with Crippen molar-refractivity contribution in [3.05, 3.63) is 58.9 Å². The fraction of sp³-hybridized carbons (Fsp3) is 0.350. The van der Waals surface area contributed by atoms with Gasteiger partial charge in [-0.2, -0.15) is 0 Å². The molecular weight excluding hydrogens is 350 g/mol. The fourth-order valence-corrected chi connectivity index (χ4v) is 3.61. The molecule has 4 rings (SSSR count). The van der Waals surface area contributed by atoms with E-state index < -0.39 is 11.6 Å². The van der Waals surface area contributed by atoms with Crippen LogP contribution in [0.2, 0.25) is 0 Å². The van der Waals surface area contributed by atoms with Crippen LogP contribution in [0.15, 0.2) is 40.4 Å². The van der Waals surface area contributed by atoms with Gasteiger partial charge in [0.1, 0.15) is 0 Å². The van der Waals surface area contributed by atoms with Gasteiger partial charge in [0, 0.05) is 36.5 Å². The summed E-state index contributed by atoms with van der Waals surface area (Å²) in [6.07, 6.45) is 3.69. The Balaban J connectivity index is 1.47. The lowest BCUT2D eigenvalue weighted by Crippen LogP contribution is -2.42. The van der Waals surface area contributed by atoms with Crippen LogP contribution in [0.5, 0.6) is 0 Å². The van der Waals surface area contributed by atoms with Crippen LogP contribution in [-0.4, -0.2) is 47.0 Å². The highest BCUT2D eigenvalue weighted by Gasteiger charge is 2.29. The van der Waals surface area contributed by atoms with Crippen molar-refractivity contribution in [3.63, 3.8) is 0 Å². The van der Waals surface area contributed by atoms with Crippen molar-refractivity contribution in [1.82, 2.24) is 9.88 Å². The van der Waals surface area contributed by atoms with E-state index in [-0.39, 0.29) is 17.4 Å². The van der Waals surface area contributed by atoms with E-state index in [1.54, 1.807) is 4.90 Å². The Bertz CT molecular complexity index is 947. The second-order valence-electron chi connectivity index (χ2n) is 7.05. The van der Waals surface area contributed by atoms with Crippen molar-refractivity contribution >= 4 is 17.5 Å². The Morgan fingerprint density at radius 3 is 2.85 bits per heavy atom. The lowest BCUT2D eigenvalue weighted by molar-refractivity contribution is 0.0702. The molecule has 0 saturated carbocycles. The minimum Gasteiger partial charge on any atom is -0.358 e. The molecule has 3 heterocycles. The topological polar surface area (TPSA) is 60.8 Å². The van der Waals surface area contributed by atoms with Gasteiger partial charge < -0.3 is 9.88 Å². The van der Waals surface area contributed by atoms with Gasteiger partial charge in [0.25, 0.3) is 5.91 Å². The molecule has 1 aromatic carbocycles. The van der Waals surface area contributed by atoms with E-state index >= 15 is 0 Å². The number of benzene rings is 1. The Morgan fingerprint density at radius 2 is 2.11 bits per heavy atom. The summed E-state index contributed by atoms with van der Waals surface area (Å²) in [5.74, 6) is -1.41. The number of aromatic nitrogens is 1. The van der Waals surface area contributed by atoms with E-state index in [4.69, 9.17) is 0 Å². The SMILES string of the molecule is Cc1c[nH]c(C2=NCC([C@H]3CCCN(C(=O)c4ccc(F)c(F)c4)C3)=N2)c1. The van der Waals surface area contributed by atoms with Gasteiger partial charge in [0.05, 0.1) is 12.2 Å². The Hall–Kier alpha value is -2.83. The quantitative estimate of drug-likeness (QED) is 0.885. The zero-order valence-corrected chi connectivity index (χ0v) is 15.0. The molecule has 0 aliphatic carbocycles. The largest absolute Gasteiger partial charge is 0.358 e. The van der Waals surface area contributed by atoms with E-state index in [1.807, 2.05) is 19.2 Å². The van der Waals surface area contributed by atoms with E-state index in [0.717, 1.165) is 41.9 Å². The van der Waals surface area contributed by atoms with Gasteiger partial charge in [0.2, 0.25) is 0 Å². The number of carbonyl (C=O) groups excluding carboxylic acids is 1. The molecule has 27 heavy (non-hydrogen) atoms. The maximum absolute atomic E-state index is 13.5. The van der Waals surface area contributed by atoms with Crippen LogP contribution in [0.1, 0.15) is 34.5 Å². The number of amidine groups is 1. The number of rotatable bonds is 3. The van der Waals surface area contributed by atoms with Gasteiger partial charge in [-0.25, -0.2) is 13.8 Å². The normalized spacial score (nSPS) is 19.8. The van der Waals surface area contributed by atoms with E-state index in [0.29, 0.717) is 25.5 Å². The summed E-state index contributed by atoms with van der Waals surface area (Å²) in [6, 6.07) is 5.28. The van der Waals surface area contributed by atoms with Gasteiger partial charge in [-0.1, -0.05) is 0 Å². The number of amides is 1. The number of hydrogen-bond acceptors (Lipinski definition) is 3. The molecule has 1 atom stereocenters. The Morgan fingerprint density at radius 1 is 1.26 bits per heavy atom. The Labute approximate surface area is 155 Å². The first kappa shape index (κ1) is 17.6. The molecule has 1 fully saturated rings. The second kappa shape index (κ2) is 7.06. The third kappa shape index (κ3) is 3.54. The maximum atomic E-state index is 13.5. The van der Waals surface area contributed by atoms with E-state index in [1.165, 1.54) is 6.07 Å². The van der Waals surface area contributed by atoms with Gasteiger partial charge >= 0.3 is 0 Å². The molecule has 1 amide bonds. The highest BCUT2D eigenvalue weighted by Crippen LogP contribution is 2.23. The smallest absolute Gasteiger partial charge is 0.253 e. The fourth-order valence-electron chi connectivity index (χ4n) is 3.61. The summed E-state index contributed by atoms with van der Waals surface area (Å²) in [6.45, 7) is 3.66. The summed E-state index contributed by atoms with van der Waals surface area (Å²) >= 11 is 0. The average molecular weight is 370 g/mol. The number of aliphatic imine (C=N–C) groups is 2. The molecule has 7 heteroatoms. The number of halogens is 2. The molecule has 0 radical (unpaired) electrons. The molecular formula is C20H20F2N4O. The number of aromatic amines is 1. The number of piperidine rings is 1. The number of hydrogen-bond donors (Lipinski definition) is 1. The van der Waals surface area contributed by atoms with Crippen LogP contribution >= 0.6 is 0 Å². The van der Waals surface area contributed by atoms with Crippen LogP contribution in [0.3, 0.4) is 0 Å². The number of aryl methyl sites for hydroxylation is 1. The van der Waals surface area contributed by atoms with Gasteiger partial charge in [-0.15, -0.1) is 0 Å². The zero-order valence-electron chi connectivity index (χ0n) is 15.0. The summed E-state index contributed by atoms with van der Waals surface area (Å²) in [7, 11) is 0. The predicted octanol–water partition coefficient (Wildman–Crippen LogP) is 3.35. The standard InChI is InChI=1S/C20H20F2N4O/c1-12-7-17(23-9-12)19-24-10-18(25-19)14-3-2-6-26(11-14)20(27)13-4-5-15(21)16(22)8-13/h4-5,7-9,14,23H,2-3,6,10-11H2,1H3/t14-/m0/s1. The first-order valence-corrected chi connectivity index (χ1v) is 9.03. The van der Waals surface area contributed by atoms with Crippen LogP contribution in [-0.2, 0) is 0 Å². The van der Waals surface area contributed by atoms with Crippen molar-refractivity contribution in [2.75, 3.05) is 19.6 Å². The highest BCUT2D eigenvalue weighted by atomic mass is 19.2.